The molecule has 2 fully saturated rings. The number of aliphatic hydroxyl groups is 1. The molecule has 4 atom stereocenters. The van der Waals surface area contributed by atoms with E-state index < -0.39 is 26.8 Å². The van der Waals surface area contributed by atoms with Gasteiger partial charge in [0.05, 0.1) is 20.7 Å². The summed E-state index contributed by atoms with van der Waals surface area (Å²) in [6.45, 7) is 2.00. The molecule has 0 aromatic heterocycles. The fourth-order valence-corrected chi connectivity index (χ4v) is 5.59. The quantitative estimate of drug-likeness (QED) is 0.657. The Balaban J connectivity index is 2.14. The van der Waals surface area contributed by atoms with E-state index in [1.807, 2.05) is 0 Å². The van der Waals surface area contributed by atoms with Crippen LogP contribution in [0.4, 0.5) is 13.2 Å². The average molecular weight is 239 g/mol. The van der Waals surface area contributed by atoms with Gasteiger partial charge in [0.15, 0.2) is 0 Å². The SMILES string of the molecule is C[C@]1(C(F)(F)F)C(O)[SiH2]C1[C@@H]1CCCN1. The standard InChI is InChI=1S/C9H16F3NOSi/c1-8(9(10,11)12)6(15-7(8)14)5-3-2-4-13-5/h5-7,13-14H,2-4,15H2,1H3/t5-,6?,7?,8+/m0/s1. The highest BCUT2D eigenvalue weighted by Crippen LogP contribution is 2.58. The van der Waals surface area contributed by atoms with E-state index in [4.69, 9.17) is 0 Å². The van der Waals surface area contributed by atoms with Gasteiger partial charge in [-0.3, -0.25) is 0 Å². The first-order chi connectivity index (χ1) is 6.87. The Morgan fingerprint density at radius 2 is 2.13 bits per heavy atom. The molecule has 6 heteroatoms. The third-order valence-corrected chi connectivity index (χ3v) is 7.35. The fourth-order valence-electron chi connectivity index (χ4n) is 2.85. The van der Waals surface area contributed by atoms with Crippen LogP contribution in [-0.2, 0) is 0 Å². The molecular formula is C9H16F3NOSi. The average Bonchev–Trinajstić information content (AvgIpc) is 2.63. The maximum atomic E-state index is 12.9. The number of aliphatic hydroxyl groups excluding tert-OH is 1. The van der Waals surface area contributed by atoms with Crippen molar-refractivity contribution in [2.45, 2.75) is 43.3 Å². The lowest BCUT2D eigenvalue weighted by molar-refractivity contribution is -0.252. The molecule has 0 aromatic carbocycles. The molecule has 0 saturated carbocycles. The van der Waals surface area contributed by atoms with Crippen molar-refractivity contribution in [1.82, 2.24) is 5.32 Å². The van der Waals surface area contributed by atoms with Crippen LogP contribution in [0.2, 0.25) is 5.54 Å². The molecule has 2 nitrogen and oxygen atoms in total. The maximum absolute atomic E-state index is 12.9. The minimum atomic E-state index is -4.27. The molecule has 2 N–H and O–H groups in total. The van der Waals surface area contributed by atoms with Crippen LogP contribution < -0.4 is 5.32 Å². The summed E-state index contributed by atoms with van der Waals surface area (Å²) in [5.41, 5.74) is -3.26. The third-order valence-electron chi connectivity index (χ3n) is 4.13. The van der Waals surface area contributed by atoms with Crippen LogP contribution in [0.3, 0.4) is 0 Å². The third kappa shape index (κ3) is 1.53. The zero-order chi connectivity index (χ0) is 11.3. The Kier molecular flexibility index (Phi) is 2.63. The van der Waals surface area contributed by atoms with E-state index >= 15 is 0 Å². The van der Waals surface area contributed by atoms with Crippen LogP contribution in [0.25, 0.3) is 0 Å². The van der Waals surface area contributed by atoms with Crippen molar-refractivity contribution in [3.63, 3.8) is 0 Å². The molecule has 2 saturated heterocycles. The Morgan fingerprint density at radius 1 is 1.47 bits per heavy atom. The molecule has 15 heavy (non-hydrogen) atoms. The van der Waals surface area contributed by atoms with Gasteiger partial charge in [-0.2, -0.15) is 13.2 Å². The molecule has 2 unspecified atom stereocenters. The second-order valence-electron chi connectivity index (χ2n) is 4.84. The minimum absolute atomic E-state index is 0.00769. The van der Waals surface area contributed by atoms with E-state index in [2.05, 4.69) is 5.32 Å². The van der Waals surface area contributed by atoms with Gasteiger partial charge in [-0.15, -0.1) is 0 Å². The highest BCUT2D eigenvalue weighted by atomic mass is 28.2. The van der Waals surface area contributed by atoms with Crippen molar-refractivity contribution >= 4 is 9.52 Å². The summed E-state index contributed by atoms with van der Waals surface area (Å²) in [6, 6.07) is -0.00769. The van der Waals surface area contributed by atoms with E-state index in [0.717, 1.165) is 19.4 Å². The highest BCUT2D eigenvalue weighted by molar-refractivity contribution is 6.44. The summed E-state index contributed by atoms with van der Waals surface area (Å²) >= 11 is 0. The summed E-state index contributed by atoms with van der Waals surface area (Å²) < 4.78 is 38.6. The summed E-state index contributed by atoms with van der Waals surface area (Å²) in [4.78, 5) is 0. The number of hydrogen-bond acceptors (Lipinski definition) is 2. The summed E-state index contributed by atoms with van der Waals surface area (Å²) in [7, 11) is -0.997. The monoisotopic (exact) mass is 239 g/mol. The number of halogens is 3. The zero-order valence-corrected chi connectivity index (χ0v) is 10.1. The molecule has 2 aliphatic heterocycles. The Hall–Kier alpha value is -0.0731. The summed E-state index contributed by atoms with van der Waals surface area (Å²) in [5.74, 6) is 0. The van der Waals surface area contributed by atoms with Crippen molar-refractivity contribution in [3.05, 3.63) is 0 Å². The molecule has 2 rings (SSSR count). The van der Waals surface area contributed by atoms with Gasteiger partial charge >= 0.3 is 6.18 Å². The van der Waals surface area contributed by atoms with E-state index in [-0.39, 0.29) is 11.6 Å². The number of hydrogen-bond donors (Lipinski definition) is 2. The largest absolute Gasteiger partial charge is 0.396 e. The van der Waals surface area contributed by atoms with Crippen molar-refractivity contribution < 1.29 is 18.3 Å². The van der Waals surface area contributed by atoms with E-state index in [0.29, 0.717) is 0 Å². The van der Waals surface area contributed by atoms with Gasteiger partial charge in [0.1, 0.15) is 0 Å². The van der Waals surface area contributed by atoms with Crippen LogP contribution in [0.1, 0.15) is 19.8 Å². The molecule has 0 aliphatic carbocycles. The fraction of sp³-hybridized carbons (Fsp3) is 1.00. The molecule has 2 aliphatic rings. The minimum Gasteiger partial charge on any atom is -0.396 e. The molecule has 88 valence electrons. The lowest BCUT2D eigenvalue weighted by atomic mass is 9.80. The van der Waals surface area contributed by atoms with Crippen molar-refractivity contribution in [2.24, 2.45) is 5.41 Å². The predicted molar refractivity (Wildman–Crippen MR) is 53.5 cm³/mol. The van der Waals surface area contributed by atoms with Gasteiger partial charge in [0.25, 0.3) is 0 Å². The highest BCUT2D eigenvalue weighted by Gasteiger charge is 2.68. The molecular weight excluding hydrogens is 223 g/mol. The number of nitrogens with one attached hydrogen (secondary N) is 1. The number of alkyl halides is 3. The zero-order valence-electron chi connectivity index (χ0n) is 8.64. The van der Waals surface area contributed by atoms with Crippen molar-refractivity contribution in [3.8, 4) is 0 Å². The molecule has 0 aromatic rings. The smallest absolute Gasteiger partial charge is 0.396 e. The van der Waals surface area contributed by atoms with Crippen molar-refractivity contribution in [1.29, 1.82) is 0 Å². The first-order valence-electron chi connectivity index (χ1n) is 5.35. The van der Waals surface area contributed by atoms with Gasteiger partial charge in [0.2, 0.25) is 0 Å². The topological polar surface area (TPSA) is 32.3 Å². The van der Waals surface area contributed by atoms with Gasteiger partial charge in [0, 0.05) is 6.04 Å². The predicted octanol–water partition coefficient (Wildman–Crippen LogP) is 0.596. The molecule has 0 radical (unpaired) electrons. The first-order valence-corrected chi connectivity index (χ1v) is 6.99. The van der Waals surface area contributed by atoms with Crippen LogP contribution in [0.5, 0.6) is 0 Å². The lowest BCUT2D eigenvalue weighted by Crippen LogP contribution is -2.66. The molecule has 0 spiro atoms. The summed E-state index contributed by atoms with van der Waals surface area (Å²) in [6.07, 6.45) is -2.48. The molecule has 2 heterocycles. The van der Waals surface area contributed by atoms with E-state index in [1.165, 1.54) is 6.92 Å². The normalized spacial score (nSPS) is 48.2. The van der Waals surface area contributed by atoms with Crippen LogP contribution in [0, 0.1) is 5.41 Å². The van der Waals surface area contributed by atoms with Gasteiger partial charge < -0.3 is 10.4 Å². The van der Waals surface area contributed by atoms with Gasteiger partial charge in [-0.25, -0.2) is 0 Å². The van der Waals surface area contributed by atoms with Crippen LogP contribution in [0.15, 0.2) is 0 Å². The van der Waals surface area contributed by atoms with E-state index in [1.54, 1.807) is 0 Å². The van der Waals surface area contributed by atoms with Crippen LogP contribution >= 0.6 is 0 Å². The Bertz CT molecular complexity index is 254. The lowest BCUT2D eigenvalue weighted by Gasteiger charge is -2.54. The van der Waals surface area contributed by atoms with E-state index in [9.17, 15) is 18.3 Å². The number of rotatable bonds is 1. The molecule has 0 bridgehead atoms. The first kappa shape index (κ1) is 11.4. The van der Waals surface area contributed by atoms with Gasteiger partial charge in [-0.1, -0.05) is 0 Å². The Labute approximate surface area is 89.1 Å². The second kappa shape index (κ2) is 3.46. The second-order valence-corrected chi connectivity index (χ2v) is 6.97. The van der Waals surface area contributed by atoms with Crippen LogP contribution in [-0.4, -0.2) is 39.1 Å². The molecule has 0 amide bonds. The Morgan fingerprint density at radius 3 is 2.53 bits per heavy atom. The van der Waals surface area contributed by atoms with Crippen molar-refractivity contribution in [2.75, 3.05) is 6.54 Å². The summed E-state index contributed by atoms with van der Waals surface area (Å²) in [5, 5.41) is 12.6. The maximum Gasteiger partial charge on any atom is 0.396 e. The van der Waals surface area contributed by atoms with Gasteiger partial charge in [-0.05, 0) is 31.9 Å².